The summed E-state index contributed by atoms with van der Waals surface area (Å²) in [6, 6.07) is 22.8. The summed E-state index contributed by atoms with van der Waals surface area (Å²) in [6.45, 7) is 0.0968. The van der Waals surface area contributed by atoms with Crippen LogP contribution in [-0.4, -0.2) is 59.3 Å². The fourth-order valence-electron chi connectivity index (χ4n) is 3.82. The van der Waals surface area contributed by atoms with Crippen LogP contribution in [0.2, 0.25) is 5.02 Å². The zero-order valence-corrected chi connectivity index (χ0v) is 25.0. The highest BCUT2D eigenvalue weighted by atomic mass is 35.5. The van der Waals surface area contributed by atoms with Gasteiger partial charge in [-0.2, -0.15) is 13.2 Å². The first-order valence-electron chi connectivity index (χ1n) is 13.8. The molecular formula is C31H32ClF3N4O7. The van der Waals surface area contributed by atoms with Crippen molar-refractivity contribution in [2.24, 2.45) is 0 Å². The molecule has 15 heteroatoms. The molecule has 0 bridgehead atoms. The normalized spacial score (nSPS) is 11.2. The van der Waals surface area contributed by atoms with Gasteiger partial charge in [-0.3, -0.25) is 14.4 Å². The molecule has 246 valence electrons. The number of carbonyl (C=O) groups excluding carboxylic acids is 3. The molecule has 3 aromatic carbocycles. The van der Waals surface area contributed by atoms with Gasteiger partial charge in [-0.15, -0.1) is 0 Å². The number of aliphatic carboxylic acids is 2. The maximum atomic E-state index is 12.4. The van der Waals surface area contributed by atoms with Crippen molar-refractivity contribution in [2.75, 3.05) is 18.4 Å². The first-order chi connectivity index (χ1) is 21.8. The number of anilines is 1. The third-order valence-electron chi connectivity index (χ3n) is 6.06. The number of carbonyl (C=O) groups is 5. The quantitative estimate of drug-likeness (QED) is 0.133. The highest BCUT2D eigenvalue weighted by Gasteiger charge is 2.38. The molecule has 0 saturated carbocycles. The molecule has 11 nitrogen and oxygen atoms in total. The highest BCUT2D eigenvalue weighted by molar-refractivity contribution is 6.33. The lowest BCUT2D eigenvalue weighted by molar-refractivity contribution is -0.192. The van der Waals surface area contributed by atoms with Crippen molar-refractivity contribution in [1.82, 2.24) is 16.0 Å². The van der Waals surface area contributed by atoms with Gasteiger partial charge < -0.3 is 31.5 Å². The molecule has 3 aromatic rings. The molecule has 0 fully saturated rings. The number of nitrogens with one attached hydrogen (secondary N) is 4. The lowest BCUT2D eigenvalue weighted by Crippen LogP contribution is -2.39. The number of alkyl halides is 3. The number of rotatable bonds is 13. The molecule has 6 N–H and O–H groups in total. The second kappa shape index (κ2) is 18.6. The van der Waals surface area contributed by atoms with Crippen molar-refractivity contribution in [1.29, 1.82) is 0 Å². The van der Waals surface area contributed by atoms with Gasteiger partial charge >= 0.3 is 24.1 Å². The number of urea groups is 1. The number of unbranched alkanes of at least 4 members (excludes halogenated alkanes) is 1. The van der Waals surface area contributed by atoms with Crippen LogP contribution in [0.5, 0.6) is 0 Å². The van der Waals surface area contributed by atoms with E-state index in [1.54, 1.807) is 36.4 Å². The van der Waals surface area contributed by atoms with Crippen LogP contribution < -0.4 is 21.3 Å². The smallest absolute Gasteiger partial charge is 0.481 e. The number of carboxylic acid groups (broad SMARTS) is 2. The summed E-state index contributed by atoms with van der Waals surface area (Å²) in [6.07, 6.45) is -4.12. The number of benzene rings is 3. The van der Waals surface area contributed by atoms with Crippen LogP contribution in [0.3, 0.4) is 0 Å². The van der Waals surface area contributed by atoms with Crippen LogP contribution in [0.25, 0.3) is 11.1 Å². The Morgan fingerprint density at radius 3 is 1.93 bits per heavy atom. The van der Waals surface area contributed by atoms with E-state index in [4.69, 9.17) is 21.5 Å². The van der Waals surface area contributed by atoms with E-state index < -0.39 is 36.1 Å². The maximum Gasteiger partial charge on any atom is 0.490 e. The Morgan fingerprint density at radius 2 is 1.35 bits per heavy atom. The molecule has 0 aromatic heterocycles. The number of para-hydroxylation sites is 1. The van der Waals surface area contributed by atoms with Crippen LogP contribution in [0.15, 0.2) is 78.9 Å². The lowest BCUT2D eigenvalue weighted by atomic mass is 9.99. The Kier molecular flexibility index (Phi) is 15.0. The number of hydrogen-bond acceptors (Lipinski definition) is 5. The van der Waals surface area contributed by atoms with Crippen LogP contribution >= 0.6 is 11.6 Å². The predicted molar refractivity (Wildman–Crippen MR) is 164 cm³/mol. The summed E-state index contributed by atoms with van der Waals surface area (Å²) in [7, 11) is 0. The van der Waals surface area contributed by atoms with Gasteiger partial charge in [0.05, 0.1) is 29.7 Å². The Bertz CT molecular complexity index is 1470. The molecule has 1 atom stereocenters. The molecule has 0 radical (unpaired) electrons. The standard InChI is InChI=1S/C29H31ClN4O5.C2HF3O2/c30-23-10-4-5-11-24(23)34-29(39)31-17-7-6-12-26(35)32-19-27(36)33-25(18-28(37)38)22-15-13-21(14-16-22)20-8-2-1-3-9-20;3-2(4,5)1(6)7/h1-5,8-11,13-16,25H,6-7,12,17-19H2,(H,32,35)(H,33,36)(H,37,38)(H2,31,34,39);(H,6,7). The molecule has 0 aliphatic carbocycles. The molecule has 46 heavy (non-hydrogen) atoms. The maximum absolute atomic E-state index is 12.4. The van der Waals surface area contributed by atoms with E-state index in [-0.39, 0.29) is 25.3 Å². The van der Waals surface area contributed by atoms with E-state index >= 15 is 0 Å². The van der Waals surface area contributed by atoms with Gasteiger partial charge in [0.25, 0.3) is 0 Å². The number of amides is 4. The van der Waals surface area contributed by atoms with Crippen molar-refractivity contribution in [3.05, 3.63) is 89.4 Å². The molecule has 0 aliphatic rings. The van der Waals surface area contributed by atoms with Crippen molar-refractivity contribution >= 4 is 47.1 Å². The van der Waals surface area contributed by atoms with Crippen molar-refractivity contribution in [2.45, 2.75) is 37.9 Å². The van der Waals surface area contributed by atoms with Gasteiger partial charge in [-0.05, 0) is 41.7 Å². The van der Waals surface area contributed by atoms with E-state index in [2.05, 4.69) is 21.3 Å². The Morgan fingerprint density at radius 1 is 0.761 bits per heavy atom. The van der Waals surface area contributed by atoms with Crippen molar-refractivity contribution in [3.8, 4) is 11.1 Å². The summed E-state index contributed by atoms with van der Waals surface area (Å²) in [5.41, 5.74) is 3.16. The number of halogens is 4. The zero-order chi connectivity index (χ0) is 34.1. The van der Waals surface area contributed by atoms with Gasteiger partial charge in [0.1, 0.15) is 0 Å². The molecular weight excluding hydrogens is 633 g/mol. The Balaban J connectivity index is 0.000000942. The van der Waals surface area contributed by atoms with Crippen LogP contribution in [0.1, 0.15) is 37.3 Å². The molecule has 3 rings (SSSR count). The SMILES string of the molecule is O=C(O)C(F)(F)F.O=C(O)CC(NC(=O)CNC(=O)CCCCNC(=O)Nc1ccccc1Cl)c1ccc(-c2ccccc2)cc1. The summed E-state index contributed by atoms with van der Waals surface area (Å²) in [5, 5.41) is 27.5. The second-order valence-electron chi connectivity index (χ2n) is 9.60. The highest BCUT2D eigenvalue weighted by Crippen LogP contribution is 2.23. The predicted octanol–water partition coefficient (Wildman–Crippen LogP) is 5.38. The Hall–Kier alpha value is -5.11. The minimum Gasteiger partial charge on any atom is -0.481 e. The van der Waals surface area contributed by atoms with E-state index in [1.807, 2.05) is 42.5 Å². The molecule has 1 unspecified atom stereocenters. The van der Waals surface area contributed by atoms with Gasteiger partial charge in [-0.1, -0.05) is 78.3 Å². The first-order valence-corrected chi connectivity index (χ1v) is 14.2. The molecule has 0 saturated heterocycles. The van der Waals surface area contributed by atoms with E-state index in [9.17, 15) is 37.5 Å². The molecule has 0 heterocycles. The third-order valence-corrected chi connectivity index (χ3v) is 6.39. The fraction of sp³-hybridized carbons (Fsp3) is 0.258. The monoisotopic (exact) mass is 664 g/mol. The molecule has 0 aliphatic heterocycles. The van der Waals surface area contributed by atoms with Crippen LogP contribution in [0, 0.1) is 0 Å². The molecule has 4 amide bonds. The zero-order valence-electron chi connectivity index (χ0n) is 24.3. The third kappa shape index (κ3) is 14.1. The van der Waals surface area contributed by atoms with Crippen molar-refractivity contribution in [3.63, 3.8) is 0 Å². The van der Waals surface area contributed by atoms with Gasteiger partial charge in [0.15, 0.2) is 0 Å². The second-order valence-corrected chi connectivity index (χ2v) is 10.0. The van der Waals surface area contributed by atoms with Crippen LogP contribution in [0.4, 0.5) is 23.7 Å². The van der Waals surface area contributed by atoms with E-state index in [0.29, 0.717) is 35.7 Å². The Labute approximate surface area is 267 Å². The summed E-state index contributed by atoms with van der Waals surface area (Å²) in [5.74, 6) is -4.61. The van der Waals surface area contributed by atoms with Crippen LogP contribution in [-0.2, 0) is 19.2 Å². The van der Waals surface area contributed by atoms with Gasteiger partial charge in [0, 0.05) is 13.0 Å². The first kappa shape index (κ1) is 37.1. The average molecular weight is 665 g/mol. The topological polar surface area (TPSA) is 174 Å². The fourth-order valence-corrected chi connectivity index (χ4v) is 4.00. The molecule has 0 spiro atoms. The average Bonchev–Trinajstić information content (AvgIpc) is 3.01. The summed E-state index contributed by atoms with van der Waals surface area (Å²) < 4.78 is 31.7. The lowest BCUT2D eigenvalue weighted by Gasteiger charge is -2.18. The number of carboxylic acids is 2. The number of hydrogen-bond donors (Lipinski definition) is 6. The van der Waals surface area contributed by atoms with E-state index in [1.165, 1.54) is 0 Å². The summed E-state index contributed by atoms with van der Waals surface area (Å²) >= 11 is 6.01. The minimum absolute atomic E-state index is 0.181. The van der Waals surface area contributed by atoms with Gasteiger partial charge in [0.2, 0.25) is 11.8 Å². The summed E-state index contributed by atoms with van der Waals surface area (Å²) in [4.78, 5) is 56.8. The van der Waals surface area contributed by atoms with Gasteiger partial charge in [-0.25, -0.2) is 9.59 Å². The van der Waals surface area contributed by atoms with E-state index in [0.717, 1.165) is 11.1 Å². The largest absolute Gasteiger partial charge is 0.490 e. The minimum atomic E-state index is -5.08. The van der Waals surface area contributed by atoms with Crippen molar-refractivity contribution < 1.29 is 47.4 Å².